The topological polar surface area (TPSA) is 3.24 Å². The van der Waals surface area contributed by atoms with E-state index in [1.807, 2.05) is 0 Å². The molecule has 266 valence electrons. The normalized spacial score (nSPS) is 12.6. The summed E-state index contributed by atoms with van der Waals surface area (Å²) in [6.45, 7) is 4.78. The maximum atomic E-state index is 2.51. The van der Waals surface area contributed by atoms with E-state index in [1.165, 1.54) is 77.5 Å². The minimum absolute atomic E-state index is 0.185. The summed E-state index contributed by atoms with van der Waals surface area (Å²) in [4.78, 5) is 2.51. The number of fused-ring (bicyclic) bond motifs is 4. The number of hydrogen-bond donors (Lipinski definition) is 0. The molecule has 0 atom stereocenters. The third kappa shape index (κ3) is 5.55. The molecule has 0 aliphatic heterocycles. The molecule has 0 heterocycles. The number of nitrogens with zero attached hydrogens (tertiary/aromatic N) is 1. The zero-order chi connectivity index (χ0) is 37.6. The first-order chi connectivity index (χ1) is 27.6. The van der Waals surface area contributed by atoms with E-state index < -0.39 is 0 Å². The van der Waals surface area contributed by atoms with E-state index in [0.717, 1.165) is 17.1 Å². The van der Waals surface area contributed by atoms with Crippen molar-refractivity contribution in [2.75, 3.05) is 4.90 Å². The fraction of sp³-hybridized carbons (Fsp3) is 0.0545. The lowest BCUT2D eigenvalue weighted by molar-refractivity contribution is 0.662. The van der Waals surface area contributed by atoms with Crippen LogP contribution in [-0.4, -0.2) is 0 Å². The van der Waals surface area contributed by atoms with Crippen molar-refractivity contribution in [1.82, 2.24) is 0 Å². The third-order valence-electron chi connectivity index (χ3n) is 11.6. The van der Waals surface area contributed by atoms with Gasteiger partial charge < -0.3 is 4.90 Å². The largest absolute Gasteiger partial charge is 0.309 e. The van der Waals surface area contributed by atoms with Crippen molar-refractivity contribution >= 4 is 27.8 Å². The molecule has 9 aromatic carbocycles. The van der Waals surface area contributed by atoms with E-state index in [2.05, 4.69) is 231 Å². The van der Waals surface area contributed by atoms with Crippen LogP contribution in [0.5, 0.6) is 0 Å². The van der Waals surface area contributed by atoms with Gasteiger partial charge in [0.1, 0.15) is 0 Å². The summed E-state index contributed by atoms with van der Waals surface area (Å²) in [7, 11) is 0. The van der Waals surface area contributed by atoms with Crippen LogP contribution in [0, 0.1) is 0 Å². The van der Waals surface area contributed by atoms with E-state index in [0.29, 0.717) is 0 Å². The molecule has 0 amide bonds. The van der Waals surface area contributed by atoms with E-state index in [4.69, 9.17) is 0 Å². The zero-order valence-corrected chi connectivity index (χ0v) is 31.7. The smallest absolute Gasteiger partial charge is 0.0546 e. The molecule has 0 bridgehead atoms. The van der Waals surface area contributed by atoms with Gasteiger partial charge in [-0.1, -0.05) is 196 Å². The minimum Gasteiger partial charge on any atom is -0.309 e. The fourth-order valence-electron chi connectivity index (χ4n) is 9.12. The summed E-state index contributed by atoms with van der Waals surface area (Å²) in [5.74, 6) is 0. The van der Waals surface area contributed by atoms with Crippen molar-refractivity contribution in [2.45, 2.75) is 19.3 Å². The average molecular weight is 716 g/mol. The molecule has 0 radical (unpaired) electrons. The molecule has 10 rings (SSSR count). The van der Waals surface area contributed by atoms with Gasteiger partial charge in [-0.3, -0.25) is 0 Å². The van der Waals surface area contributed by atoms with E-state index in [1.54, 1.807) is 0 Å². The van der Waals surface area contributed by atoms with Crippen molar-refractivity contribution in [3.63, 3.8) is 0 Å². The summed E-state index contributed by atoms with van der Waals surface area (Å²) in [5, 5.41) is 2.42. The summed E-state index contributed by atoms with van der Waals surface area (Å²) in [6, 6.07) is 77.7. The Bertz CT molecular complexity index is 2870. The van der Waals surface area contributed by atoms with Gasteiger partial charge in [0.25, 0.3) is 0 Å². The lowest BCUT2D eigenvalue weighted by Gasteiger charge is -2.33. The lowest BCUT2D eigenvalue weighted by Crippen LogP contribution is -2.17. The van der Waals surface area contributed by atoms with Crippen molar-refractivity contribution < 1.29 is 0 Å². The molecule has 0 unspecified atom stereocenters. The Labute approximate surface area is 329 Å². The summed E-state index contributed by atoms with van der Waals surface area (Å²) in [6.07, 6.45) is 0. The molecule has 0 saturated heterocycles. The molecule has 0 fully saturated rings. The molecule has 0 saturated carbocycles. The maximum Gasteiger partial charge on any atom is 0.0546 e. The molecule has 56 heavy (non-hydrogen) atoms. The average Bonchev–Trinajstić information content (AvgIpc) is 3.50. The van der Waals surface area contributed by atoms with Gasteiger partial charge in [0, 0.05) is 22.2 Å². The molecule has 0 aromatic heterocycles. The first kappa shape index (κ1) is 33.6. The van der Waals surface area contributed by atoms with E-state index in [-0.39, 0.29) is 5.41 Å². The molecule has 9 aromatic rings. The Kier molecular flexibility index (Phi) is 8.23. The van der Waals surface area contributed by atoms with Gasteiger partial charge in [0.2, 0.25) is 0 Å². The van der Waals surface area contributed by atoms with E-state index >= 15 is 0 Å². The van der Waals surface area contributed by atoms with Crippen LogP contribution >= 0.6 is 0 Å². The molecular formula is C55H41N. The Balaban J connectivity index is 1.32. The molecule has 0 N–H and O–H groups in total. The van der Waals surface area contributed by atoms with Gasteiger partial charge in [-0.25, -0.2) is 0 Å². The second kappa shape index (κ2) is 13.7. The Hall–Kier alpha value is -6.96. The number of benzene rings is 9. The lowest BCUT2D eigenvalue weighted by atomic mass is 9.78. The van der Waals surface area contributed by atoms with Gasteiger partial charge in [-0.15, -0.1) is 0 Å². The van der Waals surface area contributed by atoms with Crippen LogP contribution in [0.15, 0.2) is 212 Å². The number of anilines is 3. The Morgan fingerprint density at radius 3 is 1.52 bits per heavy atom. The highest BCUT2D eigenvalue weighted by Gasteiger charge is 2.38. The summed E-state index contributed by atoms with van der Waals surface area (Å²) < 4.78 is 0. The highest BCUT2D eigenvalue weighted by atomic mass is 15.1. The van der Waals surface area contributed by atoms with Gasteiger partial charge >= 0.3 is 0 Å². The fourth-order valence-corrected chi connectivity index (χ4v) is 9.12. The van der Waals surface area contributed by atoms with Crippen LogP contribution in [0.1, 0.15) is 25.0 Å². The highest BCUT2D eigenvalue weighted by Crippen LogP contribution is 2.55. The first-order valence-electron chi connectivity index (χ1n) is 19.5. The standard InChI is InChI=1S/C55H41N/c1-55(2)50-34-17-16-29-45(50)47-32-18-33-48(54(47)55)49-36-40-24-12-13-25-41(40)37-52(49)56(42-26-10-5-11-27-42)51-35-19-31-44(39-22-8-4-9-23-39)53(51)46-30-15-14-28-43(46)38-20-6-3-7-21-38/h3-37H,1-2H3. The predicted octanol–water partition coefficient (Wildman–Crippen LogP) is 15.3. The van der Waals surface area contributed by atoms with Crippen molar-refractivity contribution in [3.8, 4) is 55.6 Å². The monoisotopic (exact) mass is 715 g/mol. The molecule has 1 aliphatic carbocycles. The minimum atomic E-state index is -0.185. The molecule has 0 spiro atoms. The maximum absolute atomic E-state index is 2.51. The number of para-hydroxylation sites is 1. The van der Waals surface area contributed by atoms with Gasteiger partial charge in [0.05, 0.1) is 11.4 Å². The Morgan fingerprint density at radius 1 is 0.339 bits per heavy atom. The molecular weight excluding hydrogens is 675 g/mol. The van der Waals surface area contributed by atoms with Crippen LogP contribution in [0.2, 0.25) is 0 Å². The van der Waals surface area contributed by atoms with Gasteiger partial charge in [0.15, 0.2) is 0 Å². The second-order valence-electron chi connectivity index (χ2n) is 15.3. The van der Waals surface area contributed by atoms with Crippen LogP contribution in [0.3, 0.4) is 0 Å². The van der Waals surface area contributed by atoms with Crippen LogP contribution < -0.4 is 4.90 Å². The number of rotatable bonds is 7. The van der Waals surface area contributed by atoms with Crippen molar-refractivity contribution in [3.05, 3.63) is 223 Å². The third-order valence-corrected chi connectivity index (χ3v) is 11.6. The second-order valence-corrected chi connectivity index (χ2v) is 15.3. The Morgan fingerprint density at radius 2 is 0.821 bits per heavy atom. The van der Waals surface area contributed by atoms with Crippen LogP contribution in [0.25, 0.3) is 66.4 Å². The quantitative estimate of drug-likeness (QED) is 0.159. The predicted molar refractivity (Wildman–Crippen MR) is 238 cm³/mol. The van der Waals surface area contributed by atoms with Crippen molar-refractivity contribution in [1.29, 1.82) is 0 Å². The van der Waals surface area contributed by atoms with Crippen LogP contribution in [0.4, 0.5) is 17.1 Å². The molecule has 1 nitrogen and oxygen atoms in total. The SMILES string of the molecule is CC1(C)c2ccccc2-c2cccc(-c3cc4ccccc4cc3N(c3ccccc3)c3cccc(-c4ccccc4)c3-c3ccccc3-c3ccccc3)c21. The first-order valence-corrected chi connectivity index (χ1v) is 19.5. The van der Waals surface area contributed by atoms with Crippen LogP contribution in [-0.2, 0) is 5.41 Å². The summed E-state index contributed by atoms with van der Waals surface area (Å²) >= 11 is 0. The molecule has 1 heteroatoms. The van der Waals surface area contributed by atoms with Crippen molar-refractivity contribution in [2.24, 2.45) is 0 Å². The van der Waals surface area contributed by atoms with Gasteiger partial charge in [-0.2, -0.15) is 0 Å². The highest BCUT2D eigenvalue weighted by molar-refractivity contribution is 6.05. The zero-order valence-electron chi connectivity index (χ0n) is 31.7. The summed E-state index contributed by atoms with van der Waals surface area (Å²) in [5.41, 5.74) is 18.2. The molecule has 1 aliphatic rings. The van der Waals surface area contributed by atoms with Gasteiger partial charge in [-0.05, 0) is 96.7 Å². The van der Waals surface area contributed by atoms with E-state index in [9.17, 15) is 0 Å². The number of hydrogen-bond acceptors (Lipinski definition) is 1.